The third kappa shape index (κ3) is 4.18. The maximum absolute atomic E-state index is 12.1. The highest BCUT2D eigenvalue weighted by Gasteiger charge is 2.21. The first kappa shape index (κ1) is 17.5. The van der Waals surface area contributed by atoms with Gasteiger partial charge in [-0.25, -0.2) is 0 Å². The molecule has 2 amide bonds. The average molecular weight is 351 g/mol. The smallest absolute Gasteiger partial charge is 0.243 e. The molecule has 1 fully saturated rings. The van der Waals surface area contributed by atoms with Gasteiger partial charge in [0.1, 0.15) is 5.84 Å². The van der Waals surface area contributed by atoms with Crippen LogP contribution in [0.1, 0.15) is 18.4 Å². The molecule has 0 radical (unpaired) electrons. The van der Waals surface area contributed by atoms with Crippen LogP contribution in [0.4, 0.5) is 17.1 Å². The van der Waals surface area contributed by atoms with Gasteiger partial charge in [-0.2, -0.15) is 0 Å². The Morgan fingerprint density at radius 1 is 1.15 bits per heavy atom. The van der Waals surface area contributed by atoms with Crippen LogP contribution < -0.4 is 21.3 Å². The first-order valence-corrected chi connectivity index (χ1v) is 8.41. The Morgan fingerprint density at radius 2 is 1.92 bits per heavy atom. The van der Waals surface area contributed by atoms with Gasteiger partial charge in [0.15, 0.2) is 0 Å². The van der Waals surface area contributed by atoms with Crippen molar-refractivity contribution in [2.75, 3.05) is 28.6 Å². The number of anilines is 3. The normalized spacial score (nSPS) is 13.5. The number of carbonyl (C=O) groups is 2. The van der Waals surface area contributed by atoms with E-state index in [9.17, 15) is 9.59 Å². The summed E-state index contributed by atoms with van der Waals surface area (Å²) in [6, 6.07) is 14.3. The number of benzene rings is 2. The van der Waals surface area contributed by atoms with Crippen LogP contribution in [-0.4, -0.2) is 30.7 Å². The molecule has 1 heterocycles. The Hall–Kier alpha value is -3.35. The summed E-state index contributed by atoms with van der Waals surface area (Å²) >= 11 is 0. The summed E-state index contributed by atoms with van der Waals surface area (Å²) in [6.45, 7) is 0.861. The van der Waals surface area contributed by atoms with E-state index in [1.54, 1.807) is 29.2 Å². The van der Waals surface area contributed by atoms with Crippen molar-refractivity contribution in [1.29, 1.82) is 5.41 Å². The minimum absolute atomic E-state index is 0.0456. The molecule has 0 aliphatic carbocycles. The molecule has 1 aliphatic rings. The number of nitrogen functional groups attached to an aromatic ring is 1. The second-order valence-electron chi connectivity index (χ2n) is 6.09. The van der Waals surface area contributed by atoms with Gasteiger partial charge in [0.25, 0.3) is 0 Å². The molecule has 5 N–H and O–H groups in total. The van der Waals surface area contributed by atoms with Gasteiger partial charge < -0.3 is 21.3 Å². The average Bonchev–Trinajstić information content (AvgIpc) is 3.06. The predicted molar refractivity (Wildman–Crippen MR) is 103 cm³/mol. The van der Waals surface area contributed by atoms with Crippen molar-refractivity contribution in [2.45, 2.75) is 12.8 Å². The SMILES string of the molecule is N=C(N)c1cccc(NC(=O)CNc2ccc(N3CCCC3=O)cc2)c1. The van der Waals surface area contributed by atoms with Gasteiger partial charge in [-0.05, 0) is 42.8 Å². The molecular weight excluding hydrogens is 330 g/mol. The highest BCUT2D eigenvalue weighted by Crippen LogP contribution is 2.23. The summed E-state index contributed by atoms with van der Waals surface area (Å²) in [5.74, 6) is -0.0989. The van der Waals surface area contributed by atoms with Crippen molar-refractivity contribution < 1.29 is 9.59 Å². The third-order valence-corrected chi connectivity index (χ3v) is 4.16. The molecular formula is C19H21N5O2. The lowest BCUT2D eigenvalue weighted by molar-refractivity contribution is -0.117. The number of carbonyl (C=O) groups excluding carboxylic acids is 2. The largest absolute Gasteiger partial charge is 0.384 e. The molecule has 1 aliphatic heterocycles. The van der Waals surface area contributed by atoms with Crippen LogP contribution in [0.3, 0.4) is 0 Å². The summed E-state index contributed by atoms with van der Waals surface area (Å²) < 4.78 is 0. The van der Waals surface area contributed by atoms with E-state index in [-0.39, 0.29) is 24.2 Å². The lowest BCUT2D eigenvalue weighted by atomic mass is 10.2. The van der Waals surface area contributed by atoms with Gasteiger partial charge >= 0.3 is 0 Å². The van der Waals surface area contributed by atoms with E-state index < -0.39 is 0 Å². The molecule has 0 unspecified atom stereocenters. The Balaban J connectivity index is 1.53. The van der Waals surface area contributed by atoms with Gasteiger partial charge in [0.2, 0.25) is 11.8 Å². The summed E-state index contributed by atoms with van der Waals surface area (Å²) in [4.78, 5) is 25.6. The van der Waals surface area contributed by atoms with E-state index in [0.717, 1.165) is 24.3 Å². The van der Waals surface area contributed by atoms with Crippen molar-refractivity contribution in [3.8, 4) is 0 Å². The third-order valence-electron chi connectivity index (χ3n) is 4.16. The van der Waals surface area contributed by atoms with E-state index >= 15 is 0 Å². The minimum atomic E-state index is -0.204. The highest BCUT2D eigenvalue weighted by atomic mass is 16.2. The molecule has 0 bridgehead atoms. The van der Waals surface area contributed by atoms with Gasteiger partial charge in [0.05, 0.1) is 6.54 Å². The van der Waals surface area contributed by atoms with Crippen LogP contribution >= 0.6 is 0 Å². The number of nitrogens with zero attached hydrogens (tertiary/aromatic N) is 1. The van der Waals surface area contributed by atoms with Crippen LogP contribution in [0.2, 0.25) is 0 Å². The fourth-order valence-electron chi connectivity index (χ4n) is 2.83. The Morgan fingerprint density at radius 3 is 2.58 bits per heavy atom. The van der Waals surface area contributed by atoms with E-state index in [1.807, 2.05) is 24.3 Å². The van der Waals surface area contributed by atoms with Crippen molar-refractivity contribution in [3.63, 3.8) is 0 Å². The van der Waals surface area contributed by atoms with Crippen molar-refractivity contribution in [2.24, 2.45) is 5.73 Å². The highest BCUT2D eigenvalue weighted by molar-refractivity contribution is 5.98. The number of hydrogen-bond acceptors (Lipinski definition) is 4. The fraction of sp³-hybridized carbons (Fsp3) is 0.211. The molecule has 0 spiro atoms. The predicted octanol–water partition coefficient (Wildman–Crippen LogP) is 2.15. The van der Waals surface area contributed by atoms with Gasteiger partial charge in [-0.15, -0.1) is 0 Å². The first-order valence-electron chi connectivity index (χ1n) is 8.41. The first-order chi connectivity index (χ1) is 12.5. The monoisotopic (exact) mass is 351 g/mol. The maximum Gasteiger partial charge on any atom is 0.243 e. The number of amides is 2. The molecule has 3 rings (SSSR count). The molecule has 2 aromatic rings. The molecule has 0 saturated carbocycles. The van der Waals surface area contributed by atoms with Gasteiger partial charge in [-0.1, -0.05) is 12.1 Å². The minimum Gasteiger partial charge on any atom is -0.384 e. The summed E-state index contributed by atoms with van der Waals surface area (Å²) in [5, 5.41) is 13.2. The molecule has 7 nitrogen and oxygen atoms in total. The van der Waals surface area contributed by atoms with Crippen LogP contribution in [0, 0.1) is 5.41 Å². The standard InChI is InChI=1S/C19H21N5O2/c20-19(21)13-3-1-4-15(11-13)23-17(25)12-22-14-6-8-16(9-7-14)24-10-2-5-18(24)26/h1,3-4,6-9,11,22H,2,5,10,12H2,(H3,20,21)(H,23,25). The van der Waals surface area contributed by atoms with E-state index in [0.29, 0.717) is 17.7 Å². The van der Waals surface area contributed by atoms with Gasteiger partial charge in [-0.3, -0.25) is 15.0 Å². The second-order valence-corrected chi connectivity index (χ2v) is 6.09. The van der Waals surface area contributed by atoms with Crippen LogP contribution in [0.15, 0.2) is 48.5 Å². The van der Waals surface area contributed by atoms with Crippen LogP contribution in [-0.2, 0) is 9.59 Å². The van der Waals surface area contributed by atoms with Crippen LogP contribution in [0.25, 0.3) is 0 Å². The molecule has 134 valence electrons. The lowest BCUT2D eigenvalue weighted by Gasteiger charge is -2.16. The molecule has 7 heteroatoms. The lowest BCUT2D eigenvalue weighted by Crippen LogP contribution is -2.24. The summed E-state index contributed by atoms with van der Waals surface area (Å²) in [6.07, 6.45) is 1.49. The number of nitrogens with two attached hydrogens (primary N) is 1. The molecule has 26 heavy (non-hydrogen) atoms. The van der Waals surface area contributed by atoms with E-state index in [2.05, 4.69) is 10.6 Å². The Kier molecular flexibility index (Phi) is 5.17. The maximum atomic E-state index is 12.1. The number of nitrogens with one attached hydrogen (secondary N) is 3. The number of rotatable bonds is 6. The second kappa shape index (κ2) is 7.69. The number of hydrogen-bond donors (Lipinski definition) is 4. The van der Waals surface area contributed by atoms with E-state index in [1.165, 1.54) is 0 Å². The quantitative estimate of drug-likeness (QED) is 0.472. The van der Waals surface area contributed by atoms with E-state index in [4.69, 9.17) is 11.1 Å². The summed E-state index contributed by atoms with van der Waals surface area (Å²) in [5.41, 5.74) is 8.27. The van der Waals surface area contributed by atoms with Crippen molar-refractivity contribution in [1.82, 2.24) is 0 Å². The topological polar surface area (TPSA) is 111 Å². The zero-order valence-corrected chi connectivity index (χ0v) is 14.3. The zero-order chi connectivity index (χ0) is 18.5. The van der Waals surface area contributed by atoms with Crippen molar-refractivity contribution in [3.05, 3.63) is 54.1 Å². The van der Waals surface area contributed by atoms with Crippen LogP contribution in [0.5, 0.6) is 0 Å². The summed E-state index contributed by atoms with van der Waals surface area (Å²) in [7, 11) is 0. The molecule has 1 saturated heterocycles. The van der Waals surface area contributed by atoms with Crippen molar-refractivity contribution >= 4 is 34.7 Å². The van der Waals surface area contributed by atoms with Gasteiger partial charge in [0, 0.05) is 35.6 Å². The molecule has 2 aromatic carbocycles. The zero-order valence-electron chi connectivity index (χ0n) is 14.3. The fourth-order valence-corrected chi connectivity index (χ4v) is 2.83. The molecule has 0 aromatic heterocycles. The Bertz CT molecular complexity index is 832. The Labute approximate surface area is 151 Å². The number of amidine groups is 1. The molecule has 0 atom stereocenters.